The predicted molar refractivity (Wildman–Crippen MR) is 124 cm³/mol. The first-order valence-corrected chi connectivity index (χ1v) is 11.2. The molecule has 2 aliphatic heterocycles. The topological polar surface area (TPSA) is 145 Å². The molecule has 3 aromatic heterocycles. The minimum absolute atomic E-state index is 0.0233. The Morgan fingerprint density at radius 1 is 1.20 bits per heavy atom. The number of morpholine rings is 1. The number of nitrogens with one attached hydrogen (secondary N) is 1. The number of anilines is 2. The van der Waals surface area contributed by atoms with Gasteiger partial charge < -0.3 is 24.8 Å². The quantitative estimate of drug-likeness (QED) is 0.427. The van der Waals surface area contributed by atoms with Gasteiger partial charge in [0.15, 0.2) is 17.3 Å². The van der Waals surface area contributed by atoms with Gasteiger partial charge in [-0.25, -0.2) is 24.0 Å². The highest BCUT2D eigenvalue weighted by Crippen LogP contribution is 2.39. The van der Waals surface area contributed by atoms with Crippen molar-refractivity contribution in [2.75, 3.05) is 37.1 Å². The normalized spacial score (nSPS) is 19.2. The highest BCUT2D eigenvalue weighted by atomic mass is 16.5. The largest absolute Gasteiger partial charge is 0.486 e. The van der Waals surface area contributed by atoms with Gasteiger partial charge in [0.2, 0.25) is 11.9 Å². The molecular formula is C22H23N9O4. The minimum atomic E-state index is -1.15. The van der Waals surface area contributed by atoms with Gasteiger partial charge in [-0.1, -0.05) is 17.3 Å². The molecule has 6 rings (SSSR count). The maximum absolute atomic E-state index is 11.3. The molecule has 13 heteroatoms. The molecule has 4 aromatic rings. The molecular weight excluding hydrogens is 454 g/mol. The summed E-state index contributed by atoms with van der Waals surface area (Å²) in [5.41, 5.74) is 2.06. The number of imidazole rings is 1. The number of fused-ring (bicyclic) bond motifs is 4. The van der Waals surface area contributed by atoms with Gasteiger partial charge in [0.1, 0.15) is 12.3 Å². The number of hydrogen-bond donors (Lipinski definition) is 2. The Hall–Kier alpha value is -4.26. The fourth-order valence-electron chi connectivity index (χ4n) is 4.61. The molecule has 0 radical (unpaired) electrons. The molecule has 0 amide bonds. The number of aromatic carboxylic acids is 1. The van der Waals surface area contributed by atoms with Crippen molar-refractivity contribution in [3.8, 4) is 11.7 Å². The molecule has 0 bridgehead atoms. The lowest BCUT2D eigenvalue weighted by atomic mass is 10.1. The highest BCUT2D eigenvalue weighted by Gasteiger charge is 2.38. The van der Waals surface area contributed by atoms with Crippen LogP contribution in [0.2, 0.25) is 0 Å². The van der Waals surface area contributed by atoms with Crippen LogP contribution in [0.1, 0.15) is 23.1 Å². The van der Waals surface area contributed by atoms with Crippen LogP contribution in [-0.2, 0) is 11.3 Å². The van der Waals surface area contributed by atoms with Gasteiger partial charge in [0.05, 0.1) is 49.1 Å². The monoisotopic (exact) mass is 477 g/mol. The molecule has 2 N–H and O–H groups in total. The van der Waals surface area contributed by atoms with E-state index in [1.165, 1.54) is 10.9 Å². The van der Waals surface area contributed by atoms with Gasteiger partial charge in [-0.2, -0.15) is 4.98 Å². The molecule has 2 atom stereocenters. The third kappa shape index (κ3) is 3.51. The Labute approximate surface area is 199 Å². The highest BCUT2D eigenvalue weighted by molar-refractivity contribution is 5.84. The first-order chi connectivity index (χ1) is 17.0. The van der Waals surface area contributed by atoms with E-state index in [4.69, 9.17) is 19.4 Å². The Kier molecular flexibility index (Phi) is 4.99. The summed E-state index contributed by atoms with van der Waals surface area (Å²) >= 11 is 0. The summed E-state index contributed by atoms with van der Waals surface area (Å²) in [4.78, 5) is 28.0. The maximum Gasteiger partial charge on any atom is 0.358 e. The molecule has 1 aromatic carbocycles. The van der Waals surface area contributed by atoms with Crippen LogP contribution in [0, 0.1) is 0 Å². The summed E-state index contributed by atoms with van der Waals surface area (Å²) in [5.74, 6) is 1.07. The summed E-state index contributed by atoms with van der Waals surface area (Å²) in [7, 11) is 1.79. The molecule has 13 nitrogen and oxygen atoms in total. The van der Waals surface area contributed by atoms with Crippen LogP contribution in [-0.4, -0.2) is 84.5 Å². The second kappa shape index (κ2) is 8.20. The number of benzene rings is 1. The number of ether oxygens (including phenoxy) is 2. The molecule has 35 heavy (non-hydrogen) atoms. The molecule has 1 saturated heterocycles. The first-order valence-electron chi connectivity index (χ1n) is 11.2. The van der Waals surface area contributed by atoms with Crippen LogP contribution >= 0.6 is 0 Å². The number of nitrogens with zero attached hydrogens (tertiary/aromatic N) is 8. The molecule has 0 aliphatic carbocycles. The molecule has 1 unspecified atom stereocenters. The smallest absolute Gasteiger partial charge is 0.358 e. The van der Waals surface area contributed by atoms with Gasteiger partial charge in [0.25, 0.3) is 0 Å². The summed E-state index contributed by atoms with van der Waals surface area (Å²) in [6.45, 7) is 3.79. The SMILES string of the molecule is CNc1nc2ccccc2n1-c1nc(Cn2cc(C(=O)O)nn2)c2c(n1)N1C(COC[C@H]1C)CO2. The van der Waals surface area contributed by atoms with E-state index >= 15 is 0 Å². The van der Waals surface area contributed by atoms with E-state index in [-0.39, 0.29) is 24.3 Å². The lowest BCUT2D eigenvalue weighted by Crippen LogP contribution is -2.56. The van der Waals surface area contributed by atoms with E-state index in [1.807, 2.05) is 28.8 Å². The third-order valence-electron chi connectivity index (χ3n) is 6.16. The fourth-order valence-corrected chi connectivity index (χ4v) is 4.61. The average Bonchev–Trinajstić information content (AvgIpc) is 3.48. The number of hydrogen-bond acceptors (Lipinski definition) is 10. The summed E-state index contributed by atoms with van der Waals surface area (Å²) < 4.78 is 15.2. The van der Waals surface area contributed by atoms with E-state index in [2.05, 4.69) is 32.4 Å². The molecule has 180 valence electrons. The second-order valence-electron chi connectivity index (χ2n) is 8.50. The lowest BCUT2D eigenvalue weighted by molar-refractivity contribution is 0.0483. The number of carboxylic acid groups (broad SMARTS) is 1. The Balaban J connectivity index is 1.55. The number of para-hydroxylation sites is 2. The molecule has 0 saturated carbocycles. The number of carbonyl (C=O) groups is 1. The zero-order chi connectivity index (χ0) is 24.1. The van der Waals surface area contributed by atoms with E-state index in [9.17, 15) is 9.90 Å². The predicted octanol–water partition coefficient (Wildman–Crippen LogP) is 1.18. The molecule has 1 fully saturated rings. The van der Waals surface area contributed by atoms with E-state index in [1.54, 1.807) is 7.05 Å². The number of rotatable bonds is 5. The van der Waals surface area contributed by atoms with Crippen LogP contribution in [0.15, 0.2) is 30.5 Å². The average molecular weight is 477 g/mol. The van der Waals surface area contributed by atoms with Gasteiger partial charge >= 0.3 is 5.97 Å². The van der Waals surface area contributed by atoms with Crippen LogP contribution in [0.3, 0.4) is 0 Å². The number of carboxylic acids is 1. The minimum Gasteiger partial charge on any atom is -0.486 e. The van der Waals surface area contributed by atoms with Crippen LogP contribution in [0.25, 0.3) is 17.0 Å². The van der Waals surface area contributed by atoms with Crippen molar-refractivity contribution in [3.05, 3.63) is 41.9 Å². The third-order valence-corrected chi connectivity index (χ3v) is 6.16. The summed E-state index contributed by atoms with van der Waals surface area (Å²) in [5, 5.41) is 20.0. The number of aromatic nitrogens is 7. The molecule has 0 spiro atoms. The van der Waals surface area contributed by atoms with Crippen LogP contribution < -0.4 is 15.0 Å². The van der Waals surface area contributed by atoms with Crippen LogP contribution in [0.4, 0.5) is 11.8 Å². The Morgan fingerprint density at radius 2 is 2.06 bits per heavy atom. The van der Waals surface area contributed by atoms with Crippen molar-refractivity contribution >= 4 is 28.8 Å². The standard InChI is InChI=1S/C22H23N9O4/c1-12-9-34-10-13-11-35-18-15(7-29-8-16(20(32)33)27-28-29)25-22(26-19(18)30(12)13)31-17-6-4-3-5-14(17)24-21(31)23-2/h3-6,8,12-13H,7,9-11H2,1-2H3,(H,23,24)(H,32,33)/t12-,13?/m1/s1. The van der Waals surface area contributed by atoms with E-state index < -0.39 is 5.97 Å². The zero-order valence-electron chi connectivity index (χ0n) is 19.1. The van der Waals surface area contributed by atoms with Gasteiger partial charge in [-0.05, 0) is 19.1 Å². The van der Waals surface area contributed by atoms with Crippen molar-refractivity contribution in [3.63, 3.8) is 0 Å². The van der Waals surface area contributed by atoms with Crippen LogP contribution in [0.5, 0.6) is 5.75 Å². The molecule has 5 heterocycles. The second-order valence-corrected chi connectivity index (χ2v) is 8.50. The molecule has 2 aliphatic rings. The van der Waals surface area contributed by atoms with Crippen molar-refractivity contribution in [2.24, 2.45) is 0 Å². The van der Waals surface area contributed by atoms with Gasteiger partial charge in [0, 0.05) is 7.05 Å². The van der Waals surface area contributed by atoms with Gasteiger partial charge in [-0.3, -0.25) is 0 Å². The maximum atomic E-state index is 11.3. The Bertz CT molecular complexity index is 1430. The van der Waals surface area contributed by atoms with E-state index in [0.29, 0.717) is 49.0 Å². The fraction of sp³-hybridized carbons (Fsp3) is 0.364. The van der Waals surface area contributed by atoms with Crippen molar-refractivity contribution in [1.29, 1.82) is 0 Å². The lowest BCUT2D eigenvalue weighted by Gasteiger charge is -2.44. The van der Waals surface area contributed by atoms with Crippen molar-refractivity contribution in [2.45, 2.75) is 25.6 Å². The summed E-state index contributed by atoms with van der Waals surface area (Å²) in [6.07, 6.45) is 1.37. The Morgan fingerprint density at radius 3 is 2.86 bits per heavy atom. The first kappa shape index (κ1) is 21.3. The van der Waals surface area contributed by atoms with Gasteiger partial charge in [-0.15, -0.1) is 5.10 Å². The van der Waals surface area contributed by atoms with Crippen molar-refractivity contribution < 1.29 is 19.4 Å². The zero-order valence-corrected chi connectivity index (χ0v) is 19.1. The summed E-state index contributed by atoms with van der Waals surface area (Å²) in [6, 6.07) is 7.86. The van der Waals surface area contributed by atoms with Crippen molar-refractivity contribution in [1.82, 2.24) is 34.5 Å². The van der Waals surface area contributed by atoms with E-state index in [0.717, 1.165) is 11.0 Å².